The SMILES string of the molecule is O=C1C[C@H](c2cccc(F)c2)c2c(n[nH]c2-c2ccccc2)N1. The summed E-state index contributed by atoms with van der Waals surface area (Å²) in [7, 11) is 0. The third-order valence-electron chi connectivity index (χ3n) is 4.11. The minimum Gasteiger partial charge on any atom is -0.309 e. The topological polar surface area (TPSA) is 57.8 Å². The van der Waals surface area contributed by atoms with Crippen molar-refractivity contribution in [3.8, 4) is 11.3 Å². The first-order valence-corrected chi connectivity index (χ1v) is 7.41. The van der Waals surface area contributed by atoms with Crippen LogP contribution >= 0.6 is 0 Å². The van der Waals surface area contributed by atoms with Gasteiger partial charge in [-0.2, -0.15) is 5.10 Å². The summed E-state index contributed by atoms with van der Waals surface area (Å²) in [5, 5.41) is 10.0. The predicted octanol–water partition coefficient (Wildman–Crippen LogP) is 3.69. The Balaban J connectivity index is 1.88. The zero-order valence-corrected chi connectivity index (χ0v) is 12.2. The summed E-state index contributed by atoms with van der Waals surface area (Å²) in [6.07, 6.45) is 0.274. The third kappa shape index (κ3) is 2.40. The molecule has 5 heteroatoms. The summed E-state index contributed by atoms with van der Waals surface area (Å²) in [6, 6.07) is 16.2. The normalized spacial score (nSPS) is 16.7. The van der Waals surface area contributed by atoms with Crippen molar-refractivity contribution in [2.24, 2.45) is 0 Å². The third-order valence-corrected chi connectivity index (χ3v) is 4.11. The second-order valence-corrected chi connectivity index (χ2v) is 5.59. The number of rotatable bonds is 2. The second-order valence-electron chi connectivity index (χ2n) is 5.59. The predicted molar refractivity (Wildman–Crippen MR) is 85.5 cm³/mol. The van der Waals surface area contributed by atoms with Crippen molar-refractivity contribution in [3.63, 3.8) is 0 Å². The van der Waals surface area contributed by atoms with Crippen molar-refractivity contribution in [2.75, 3.05) is 5.32 Å². The van der Waals surface area contributed by atoms with Gasteiger partial charge in [0.25, 0.3) is 0 Å². The molecule has 0 radical (unpaired) electrons. The molecule has 2 N–H and O–H groups in total. The average molecular weight is 307 g/mol. The maximum absolute atomic E-state index is 13.6. The Morgan fingerprint density at radius 3 is 2.70 bits per heavy atom. The quantitative estimate of drug-likeness (QED) is 0.758. The molecule has 0 fully saturated rings. The number of hydrogen-bond acceptors (Lipinski definition) is 2. The molecule has 1 atom stereocenters. The van der Waals surface area contributed by atoms with Crippen LogP contribution in [0.2, 0.25) is 0 Å². The molecule has 2 aromatic carbocycles. The molecular weight excluding hydrogens is 293 g/mol. The lowest BCUT2D eigenvalue weighted by Gasteiger charge is -2.23. The minimum atomic E-state index is -0.306. The number of anilines is 1. The van der Waals surface area contributed by atoms with Gasteiger partial charge >= 0.3 is 0 Å². The number of aromatic amines is 1. The summed E-state index contributed by atoms with van der Waals surface area (Å²) in [6.45, 7) is 0. The van der Waals surface area contributed by atoms with Gasteiger partial charge in [0.1, 0.15) is 5.82 Å². The standard InChI is InChI=1S/C18H14FN3O/c19-13-8-4-7-12(9-13)14-10-15(23)20-18-16(14)17(21-22-18)11-5-2-1-3-6-11/h1-9,14H,10H2,(H2,20,21,22,23)/t14-/m1/s1. The summed E-state index contributed by atoms with van der Waals surface area (Å²) in [5.41, 5.74) is 3.52. The molecule has 0 unspecified atom stereocenters. The molecular formula is C18H14FN3O. The lowest BCUT2D eigenvalue weighted by molar-refractivity contribution is -0.116. The van der Waals surface area contributed by atoms with Crippen LogP contribution in [-0.4, -0.2) is 16.1 Å². The molecule has 0 spiro atoms. The highest BCUT2D eigenvalue weighted by atomic mass is 19.1. The van der Waals surface area contributed by atoms with E-state index in [9.17, 15) is 9.18 Å². The van der Waals surface area contributed by atoms with Crippen LogP contribution in [0, 0.1) is 5.82 Å². The molecule has 1 aromatic heterocycles. The average Bonchev–Trinajstić information content (AvgIpc) is 2.98. The van der Waals surface area contributed by atoms with Crippen molar-refractivity contribution in [3.05, 3.63) is 71.5 Å². The first-order valence-electron chi connectivity index (χ1n) is 7.41. The number of benzene rings is 2. The number of aromatic nitrogens is 2. The van der Waals surface area contributed by atoms with E-state index in [0.717, 1.165) is 22.4 Å². The van der Waals surface area contributed by atoms with Crippen molar-refractivity contribution < 1.29 is 9.18 Å². The van der Waals surface area contributed by atoms with Crippen molar-refractivity contribution in [1.29, 1.82) is 0 Å². The lowest BCUT2D eigenvalue weighted by Crippen LogP contribution is -2.23. The van der Waals surface area contributed by atoms with Gasteiger partial charge < -0.3 is 5.32 Å². The van der Waals surface area contributed by atoms with Crippen molar-refractivity contribution in [1.82, 2.24) is 10.2 Å². The molecule has 114 valence electrons. The first kappa shape index (κ1) is 13.7. The van der Waals surface area contributed by atoms with Gasteiger partial charge in [-0.1, -0.05) is 42.5 Å². The number of fused-ring (bicyclic) bond motifs is 1. The van der Waals surface area contributed by atoms with Crippen molar-refractivity contribution in [2.45, 2.75) is 12.3 Å². The van der Waals surface area contributed by atoms with Crippen molar-refractivity contribution >= 4 is 11.7 Å². The highest BCUT2D eigenvalue weighted by Crippen LogP contribution is 2.41. The summed E-state index contributed by atoms with van der Waals surface area (Å²) >= 11 is 0. The van der Waals surface area contributed by atoms with E-state index in [1.165, 1.54) is 12.1 Å². The maximum Gasteiger partial charge on any atom is 0.226 e. The zero-order valence-electron chi connectivity index (χ0n) is 12.2. The van der Waals surface area contributed by atoms with Crippen LogP contribution in [0.15, 0.2) is 54.6 Å². The minimum absolute atomic E-state index is 0.113. The molecule has 4 nitrogen and oxygen atoms in total. The Bertz CT molecular complexity index is 873. The maximum atomic E-state index is 13.6. The number of carbonyl (C=O) groups excluding carboxylic acids is 1. The first-order chi connectivity index (χ1) is 11.2. The van der Waals surface area contributed by atoms with Crippen LogP contribution in [0.25, 0.3) is 11.3 Å². The molecule has 23 heavy (non-hydrogen) atoms. The van der Waals surface area contributed by atoms with E-state index >= 15 is 0 Å². The zero-order chi connectivity index (χ0) is 15.8. The van der Waals surface area contributed by atoms with Crippen LogP contribution in [-0.2, 0) is 4.79 Å². The molecule has 3 aromatic rings. The van der Waals surface area contributed by atoms with Crippen LogP contribution in [0.3, 0.4) is 0 Å². The fourth-order valence-electron chi connectivity index (χ4n) is 3.09. The summed E-state index contributed by atoms with van der Waals surface area (Å²) in [5.74, 6) is -0.115. The molecule has 0 saturated heterocycles. The van der Waals surface area contributed by atoms with Gasteiger partial charge in [0.05, 0.1) is 5.69 Å². The van der Waals surface area contributed by atoms with Gasteiger partial charge in [0, 0.05) is 17.9 Å². The fraction of sp³-hybridized carbons (Fsp3) is 0.111. The van der Waals surface area contributed by atoms with E-state index < -0.39 is 0 Å². The van der Waals surface area contributed by atoms with Crippen LogP contribution in [0.1, 0.15) is 23.5 Å². The Morgan fingerprint density at radius 2 is 1.91 bits per heavy atom. The molecule has 4 rings (SSSR count). The van der Waals surface area contributed by atoms with E-state index in [2.05, 4.69) is 15.5 Å². The summed E-state index contributed by atoms with van der Waals surface area (Å²) in [4.78, 5) is 12.0. The second kappa shape index (κ2) is 5.35. The Hall–Kier alpha value is -2.95. The van der Waals surface area contributed by atoms with E-state index in [0.29, 0.717) is 5.82 Å². The number of carbonyl (C=O) groups is 1. The number of H-pyrrole nitrogens is 1. The van der Waals surface area contributed by atoms with Gasteiger partial charge in [-0.15, -0.1) is 0 Å². The largest absolute Gasteiger partial charge is 0.309 e. The summed E-state index contributed by atoms with van der Waals surface area (Å²) < 4.78 is 13.6. The molecule has 1 amide bonds. The number of amides is 1. The lowest BCUT2D eigenvalue weighted by atomic mass is 9.84. The van der Waals surface area contributed by atoms with E-state index in [4.69, 9.17) is 0 Å². The Kier molecular flexibility index (Phi) is 3.19. The monoisotopic (exact) mass is 307 g/mol. The molecule has 0 bridgehead atoms. The molecule has 0 saturated carbocycles. The molecule has 0 aliphatic carbocycles. The van der Waals surface area contributed by atoms with Crippen LogP contribution in [0.5, 0.6) is 0 Å². The molecule has 1 aliphatic heterocycles. The number of nitrogens with one attached hydrogen (secondary N) is 2. The highest BCUT2D eigenvalue weighted by Gasteiger charge is 2.32. The Morgan fingerprint density at radius 1 is 1.09 bits per heavy atom. The van der Waals surface area contributed by atoms with Crippen LogP contribution < -0.4 is 5.32 Å². The van der Waals surface area contributed by atoms with E-state index in [1.807, 2.05) is 36.4 Å². The van der Waals surface area contributed by atoms with Gasteiger partial charge in [-0.05, 0) is 23.3 Å². The Labute approximate surface area is 132 Å². The van der Waals surface area contributed by atoms with Gasteiger partial charge in [0.15, 0.2) is 5.82 Å². The van der Waals surface area contributed by atoms with Gasteiger partial charge in [0.2, 0.25) is 5.91 Å². The van der Waals surface area contributed by atoms with E-state index in [1.54, 1.807) is 6.07 Å². The molecule has 2 heterocycles. The van der Waals surface area contributed by atoms with Crippen LogP contribution in [0.4, 0.5) is 10.2 Å². The van der Waals surface area contributed by atoms with Gasteiger partial charge in [-0.3, -0.25) is 9.89 Å². The number of halogens is 1. The van der Waals surface area contributed by atoms with Gasteiger partial charge in [-0.25, -0.2) is 4.39 Å². The fourth-order valence-corrected chi connectivity index (χ4v) is 3.09. The molecule has 1 aliphatic rings. The highest BCUT2D eigenvalue weighted by molar-refractivity contribution is 5.96. The number of hydrogen-bond donors (Lipinski definition) is 2. The van der Waals surface area contributed by atoms with E-state index in [-0.39, 0.29) is 24.1 Å². The smallest absolute Gasteiger partial charge is 0.226 e. The number of nitrogens with zero attached hydrogens (tertiary/aromatic N) is 1.